The maximum atomic E-state index is 3.31. The maximum absolute atomic E-state index is 3.31. The van der Waals surface area contributed by atoms with Crippen LogP contribution in [0, 0.1) is 20.8 Å². The molecule has 2 nitrogen and oxygen atoms in total. The summed E-state index contributed by atoms with van der Waals surface area (Å²) in [4.78, 5) is 2.46. The van der Waals surface area contributed by atoms with Crippen molar-refractivity contribution in [3.8, 4) is 0 Å². The zero-order valence-corrected chi connectivity index (χ0v) is 10.1. The predicted octanol–water partition coefficient (Wildman–Crippen LogP) is 2.02. The third kappa shape index (κ3) is 1.86. The first-order valence-electron chi connectivity index (χ1n) is 5.62. The lowest BCUT2D eigenvalue weighted by atomic mass is 10.00. The highest BCUT2D eigenvalue weighted by Gasteiger charge is 2.27. The highest BCUT2D eigenvalue weighted by Crippen LogP contribution is 2.29. The van der Waals surface area contributed by atoms with Gasteiger partial charge >= 0.3 is 0 Å². The van der Waals surface area contributed by atoms with Crippen LogP contribution in [0.15, 0.2) is 12.1 Å². The summed E-state index contributed by atoms with van der Waals surface area (Å²) in [5, 5.41) is 3.31. The van der Waals surface area contributed by atoms with Gasteiger partial charge in [-0.3, -0.25) is 0 Å². The fourth-order valence-electron chi connectivity index (χ4n) is 2.51. The number of benzene rings is 1. The lowest BCUT2D eigenvalue weighted by Gasteiger charge is -2.42. The number of rotatable bonds is 2. The number of anilines is 1. The van der Waals surface area contributed by atoms with Gasteiger partial charge in [0, 0.05) is 24.8 Å². The van der Waals surface area contributed by atoms with E-state index in [1.165, 1.54) is 22.4 Å². The Bertz CT molecular complexity index is 342. The van der Waals surface area contributed by atoms with Crippen LogP contribution in [0.1, 0.15) is 16.7 Å². The number of nitrogens with one attached hydrogen (secondary N) is 1. The van der Waals surface area contributed by atoms with Gasteiger partial charge in [0.25, 0.3) is 0 Å². The SMILES string of the molecule is CNC1CN(c2c(C)cc(C)cc2C)C1. The van der Waals surface area contributed by atoms with Crippen LogP contribution in [-0.4, -0.2) is 26.2 Å². The highest BCUT2D eigenvalue weighted by atomic mass is 15.2. The quantitative estimate of drug-likeness (QED) is 0.793. The Labute approximate surface area is 92.3 Å². The van der Waals surface area contributed by atoms with Crippen LogP contribution in [0.4, 0.5) is 5.69 Å². The molecule has 0 aliphatic carbocycles. The van der Waals surface area contributed by atoms with Crippen LogP contribution in [0.2, 0.25) is 0 Å². The van der Waals surface area contributed by atoms with Crippen molar-refractivity contribution in [2.45, 2.75) is 26.8 Å². The molecule has 1 aromatic rings. The second kappa shape index (κ2) is 3.86. The summed E-state index contributed by atoms with van der Waals surface area (Å²) in [7, 11) is 2.04. The molecule has 1 aromatic carbocycles. The van der Waals surface area contributed by atoms with Crippen molar-refractivity contribution in [2.75, 3.05) is 25.0 Å². The summed E-state index contributed by atoms with van der Waals surface area (Å²) in [6, 6.07) is 5.22. The molecule has 0 radical (unpaired) electrons. The smallest absolute Gasteiger partial charge is 0.0426 e. The average Bonchev–Trinajstić information content (AvgIpc) is 2.06. The lowest BCUT2D eigenvalue weighted by Crippen LogP contribution is -2.57. The summed E-state index contributed by atoms with van der Waals surface area (Å²) >= 11 is 0. The Hall–Kier alpha value is -1.02. The van der Waals surface area contributed by atoms with Gasteiger partial charge < -0.3 is 10.2 Å². The molecule has 0 saturated carbocycles. The molecular formula is C13H20N2. The first kappa shape index (κ1) is 10.5. The molecule has 1 fully saturated rings. The van der Waals surface area contributed by atoms with E-state index in [0.29, 0.717) is 6.04 Å². The Morgan fingerprint density at radius 1 is 1.13 bits per heavy atom. The largest absolute Gasteiger partial charge is 0.368 e. The van der Waals surface area contributed by atoms with Gasteiger partial charge in [0.15, 0.2) is 0 Å². The van der Waals surface area contributed by atoms with Crippen LogP contribution >= 0.6 is 0 Å². The molecule has 1 heterocycles. The van der Waals surface area contributed by atoms with Crippen molar-refractivity contribution >= 4 is 5.69 Å². The number of nitrogens with zero attached hydrogens (tertiary/aromatic N) is 1. The van der Waals surface area contributed by atoms with Crippen molar-refractivity contribution < 1.29 is 0 Å². The van der Waals surface area contributed by atoms with E-state index < -0.39 is 0 Å². The molecule has 1 saturated heterocycles. The zero-order chi connectivity index (χ0) is 11.0. The maximum Gasteiger partial charge on any atom is 0.0426 e. The van der Waals surface area contributed by atoms with Crippen LogP contribution in [-0.2, 0) is 0 Å². The number of hydrogen-bond acceptors (Lipinski definition) is 2. The lowest BCUT2D eigenvalue weighted by molar-refractivity contribution is 0.449. The number of hydrogen-bond donors (Lipinski definition) is 1. The summed E-state index contributed by atoms with van der Waals surface area (Å²) in [5.74, 6) is 0. The van der Waals surface area contributed by atoms with E-state index in [2.05, 4.69) is 43.1 Å². The second-order valence-electron chi connectivity index (χ2n) is 4.64. The molecule has 0 unspecified atom stereocenters. The minimum atomic E-state index is 0.671. The Balaban J connectivity index is 2.22. The van der Waals surface area contributed by atoms with Gasteiger partial charge in [0.05, 0.1) is 0 Å². The summed E-state index contributed by atoms with van der Waals surface area (Å²) in [6.07, 6.45) is 0. The van der Waals surface area contributed by atoms with Crippen molar-refractivity contribution in [1.82, 2.24) is 5.32 Å². The summed E-state index contributed by atoms with van der Waals surface area (Å²) in [6.45, 7) is 8.86. The van der Waals surface area contributed by atoms with E-state index in [-0.39, 0.29) is 0 Å². The Kier molecular flexibility index (Phi) is 2.70. The molecule has 2 heteroatoms. The first-order chi connectivity index (χ1) is 7.11. The van der Waals surface area contributed by atoms with E-state index >= 15 is 0 Å². The van der Waals surface area contributed by atoms with Crippen LogP contribution in [0.5, 0.6) is 0 Å². The van der Waals surface area contributed by atoms with Crippen molar-refractivity contribution in [2.24, 2.45) is 0 Å². The molecule has 0 bridgehead atoms. The van der Waals surface area contributed by atoms with Crippen molar-refractivity contribution in [3.63, 3.8) is 0 Å². The molecule has 1 aliphatic heterocycles. The minimum Gasteiger partial charge on any atom is -0.368 e. The van der Waals surface area contributed by atoms with Gasteiger partial charge in [-0.1, -0.05) is 17.7 Å². The van der Waals surface area contributed by atoms with Gasteiger partial charge in [-0.2, -0.15) is 0 Å². The van der Waals surface area contributed by atoms with Gasteiger partial charge in [-0.15, -0.1) is 0 Å². The fraction of sp³-hybridized carbons (Fsp3) is 0.538. The average molecular weight is 204 g/mol. The zero-order valence-electron chi connectivity index (χ0n) is 10.1. The normalized spacial score (nSPS) is 16.7. The van der Waals surface area contributed by atoms with Gasteiger partial charge in [-0.25, -0.2) is 0 Å². The van der Waals surface area contributed by atoms with E-state index in [1.807, 2.05) is 7.05 Å². The minimum absolute atomic E-state index is 0.671. The standard InChI is InChI=1S/C13H20N2/c1-9-5-10(2)13(11(3)6-9)15-7-12(8-15)14-4/h5-6,12,14H,7-8H2,1-4H3. The van der Waals surface area contributed by atoms with Gasteiger partial charge in [-0.05, 0) is 38.9 Å². The number of aryl methyl sites for hydroxylation is 3. The topological polar surface area (TPSA) is 15.3 Å². The number of likely N-dealkylation sites (N-methyl/N-ethyl adjacent to an activating group) is 1. The molecule has 1 N–H and O–H groups in total. The van der Waals surface area contributed by atoms with E-state index in [0.717, 1.165) is 13.1 Å². The van der Waals surface area contributed by atoms with Crippen LogP contribution in [0.3, 0.4) is 0 Å². The molecule has 2 rings (SSSR count). The van der Waals surface area contributed by atoms with Crippen LogP contribution in [0.25, 0.3) is 0 Å². The molecule has 0 spiro atoms. The van der Waals surface area contributed by atoms with E-state index in [4.69, 9.17) is 0 Å². The van der Waals surface area contributed by atoms with E-state index in [1.54, 1.807) is 0 Å². The van der Waals surface area contributed by atoms with Gasteiger partial charge in [0.1, 0.15) is 0 Å². The molecule has 1 aliphatic rings. The van der Waals surface area contributed by atoms with E-state index in [9.17, 15) is 0 Å². The monoisotopic (exact) mass is 204 g/mol. The molecule has 0 atom stereocenters. The van der Waals surface area contributed by atoms with Crippen molar-refractivity contribution in [1.29, 1.82) is 0 Å². The Morgan fingerprint density at radius 2 is 1.67 bits per heavy atom. The van der Waals surface area contributed by atoms with Gasteiger partial charge in [0.2, 0.25) is 0 Å². The molecule has 15 heavy (non-hydrogen) atoms. The fourth-order valence-corrected chi connectivity index (χ4v) is 2.51. The third-order valence-electron chi connectivity index (χ3n) is 3.24. The Morgan fingerprint density at radius 3 is 2.13 bits per heavy atom. The summed E-state index contributed by atoms with van der Waals surface area (Å²) in [5.41, 5.74) is 5.61. The molecule has 82 valence electrons. The van der Waals surface area contributed by atoms with Crippen molar-refractivity contribution in [3.05, 3.63) is 28.8 Å². The van der Waals surface area contributed by atoms with Crippen LogP contribution < -0.4 is 10.2 Å². The summed E-state index contributed by atoms with van der Waals surface area (Å²) < 4.78 is 0. The highest BCUT2D eigenvalue weighted by molar-refractivity contribution is 5.62. The third-order valence-corrected chi connectivity index (χ3v) is 3.24. The first-order valence-corrected chi connectivity index (χ1v) is 5.62. The predicted molar refractivity (Wildman–Crippen MR) is 65.7 cm³/mol. The second-order valence-corrected chi connectivity index (χ2v) is 4.64. The molecule has 0 aromatic heterocycles. The molecule has 0 amide bonds. The molecular weight excluding hydrogens is 184 g/mol.